The number of aromatic nitrogens is 4. The van der Waals surface area contributed by atoms with Gasteiger partial charge in [-0.15, -0.1) is 0 Å². The van der Waals surface area contributed by atoms with E-state index >= 15 is 0 Å². The first-order valence-electron chi connectivity index (χ1n) is 10.1. The molecule has 0 spiro atoms. The second kappa shape index (κ2) is 7.75. The van der Waals surface area contributed by atoms with Crippen molar-refractivity contribution in [2.45, 2.75) is 52.6 Å². The third-order valence-electron chi connectivity index (χ3n) is 4.95. The number of carbonyl (C=O) groups is 1. The standard InChI is InChI=1S/C22H24N6O2/c1-4-14-10-19(26-17-6-5-9-24-21(17)30-15-7-8-15)27-20-16(12-25-28(14)20)18(29)11-22(2,3)13-23/h5-6,9-10,12,15H,4,7-8,11H2,1-3H3,(H,26,27). The number of carbonyl (C=O) groups excluding carboxylic acids is 1. The fourth-order valence-corrected chi connectivity index (χ4v) is 3.14. The lowest BCUT2D eigenvalue weighted by atomic mass is 9.88. The Kier molecular flexibility index (Phi) is 5.12. The van der Waals surface area contributed by atoms with Gasteiger partial charge < -0.3 is 10.1 Å². The van der Waals surface area contributed by atoms with Crippen LogP contribution in [0, 0.1) is 16.7 Å². The smallest absolute Gasteiger partial charge is 0.238 e. The topological polar surface area (TPSA) is 105 Å². The third-order valence-corrected chi connectivity index (χ3v) is 4.95. The van der Waals surface area contributed by atoms with Gasteiger partial charge in [-0.25, -0.2) is 14.5 Å². The summed E-state index contributed by atoms with van der Waals surface area (Å²) in [6, 6.07) is 7.80. The molecule has 154 valence electrons. The van der Waals surface area contributed by atoms with E-state index in [1.165, 1.54) is 6.20 Å². The Morgan fingerprint density at radius 1 is 1.43 bits per heavy atom. The minimum Gasteiger partial charge on any atom is -0.473 e. The van der Waals surface area contributed by atoms with Crippen molar-refractivity contribution >= 4 is 22.9 Å². The van der Waals surface area contributed by atoms with Gasteiger partial charge in [-0.3, -0.25) is 4.79 Å². The van der Waals surface area contributed by atoms with Gasteiger partial charge in [0.1, 0.15) is 17.6 Å². The molecule has 1 saturated carbocycles. The molecule has 3 aromatic heterocycles. The number of aryl methyl sites for hydroxylation is 1. The van der Waals surface area contributed by atoms with E-state index in [-0.39, 0.29) is 18.3 Å². The first-order chi connectivity index (χ1) is 14.4. The molecule has 0 aliphatic heterocycles. The van der Waals surface area contributed by atoms with Crippen LogP contribution in [0.4, 0.5) is 11.5 Å². The van der Waals surface area contributed by atoms with Crippen molar-refractivity contribution in [2.24, 2.45) is 5.41 Å². The largest absolute Gasteiger partial charge is 0.473 e. The van der Waals surface area contributed by atoms with Crippen LogP contribution in [0.25, 0.3) is 5.65 Å². The molecule has 8 nitrogen and oxygen atoms in total. The molecule has 0 amide bonds. The number of hydrogen-bond donors (Lipinski definition) is 1. The summed E-state index contributed by atoms with van der Waals surface area (Å²) < 4.78 is 7.57. The molecule has 4 rings (SSSR count). The highest BCUT2D eigenvalue weighted by molar-refractivity contribution is 6.02. The Balaban J connectivity index is 1.70. The van der Waals surface area contributed by atoms with Crippen LogP contribution in [-0.4, -0.2) is 31.5 Å². The SMILES string of the molecule is CCc1cc(Nc2cccnc2OC2CC2)nc2c(C(=O)CC(C)(C)C#N)cnn12. The van der Waals surface area contributed by atoms with E-state index in [2.05, 4.69) is 26.5 Å². The summed E-state index contributed by atoms with van der Waals surface area (Å²) in [5.41, 5.74) is 1.77. The predicted molar refractivity (Wildman–Crippen MR) is 112 cm³/mol. The summed E-state index contributed by atoms with van der Waals surface area (Å²) in [4.78, 5) is 21.8. The number of rotatable bonds is 8. The number of fused-ring (bicyclic) bond motifs is 1. The van der Waals surface area contributed by atoms with Crippen LogP contribution in [-0.2, 0) is 6.42 Å². The Morgan fingerprint density at radius 2 is 2.23 bits per heavy atom. The van der Waals surface area contributed by atoms with Crippen molar-refractivity contribution in [1.82, 2.24) is 19.6 Å². The molecule has 8 heteroatoms. The average molecular weight is 404 g/mol. The van der Waals surface area contributed by atoms with E-state index < -0.39 is 5.41 Å². The number of nitrogens with zero attached hydrogens (tertiary/aromatic N) is 5. The lowest BCUT2D eigenvalue weighted by Crippen LogP contribution is -2.15. The van der Waals surface area contributed by atoms with Crippen LogP contribution in [0.15, 0.2) is 30.6 Å². The Morgan fingerprint density at radius 3 is 2.93 bits per heavy atom. The zero-order chi connectivity index (χ0) is 21.3. The predicted octanol–water partition coefficient (Wildman–Crippen LogP) is 4.09. The highest BCUT2D eigenvalue weighted by Gasteiger charge is 2.26. The number of ether oxygens (including phenoxy) is 1. The maximum absolute atomic E-state index is 12.9. The number of nitriles is 1. The Hall–Kier alpha value is -3.47. The molecular formula is C22H24N6O2. The first kappa shape index (κ1) is 19.8. The number of anilines is 2. The van der Waals surface area contributed by atoms with Crippen molar-refractivity contribution in [3.63, 3.8) is 0 Å². The van der Waals surface area contributed by atoms with E-state index in [1.807, 2.05) is 25.1 Å². The first-order valence-corrected chi connectivity index (χ1v) is 10.1. The van der Waals surface area contributed by atoms with Gasteiger partial charge >= 0.3 is 0 Å². The van der Waals surface area contributed by atoms with Crippen LogP contribution in [0.2, 0.25) is 0 Å². The summed E-state index contributed by atoms with van der Waals surface area (Å²) in [6.45, 7) is 5.52. The van der Waals surface area contributed by atoms with E-state index in [0.29, 0.717) is 29.3 Å². The summed E-state index contributed by atoms with van der Waals surface area (Å²) >= 11 is 0. The van der Waals surface area contributed by atoms with Gasteiger partial charge in [0.2, 0.25) is 5.88 Å². The molecule has 0 atom stereocenters. The molecule has 0 unspecified atom stereocenters. The molecule has 1 fully saturated rings. The number of hydrogen-bond acceptors (Lipinski definition) is 7. The van der Waals surface area contributed by atoms with Crippen molar-refractivity contribution < 1.29 is 9.53 Å². The van der Waals surface area contributed by atoms with Gasteiger partial charge in [0, 0.05) is 24.4 Å². The number of nitrogens with one attached hydrogen (secondary N) is 1. The molecule has 3 aromatic rings. The highest BCUT2D eigenvalue weighted by Crippen LogP contribution is 2.32. The van der Waals surface area contributed by atoms with Gasteiger partial charge in [0.25, 0.3) is 0 Å². The Bertz CT molecular complexity index is 1140. The Labute approximate surface area is 174 Å². The maximum Gasteiger partial charge on any atom is 0.238 e. The van der Waals surface area contributed by atoms with Crippen LogP contribution in [0.5, 0.6) is 5.88 Å². The van der Waals surface area contributed by atoms with Gasteiger partial charge in [-0.05, 0) is 45.2 Å². The van der Waals surface area contributed by atoms with Gasteiger partial charge in [-0.1, -0.05) is 6.92 Å². The van der Waals surface area contributed by atoms with Gasteiger partial charge in [0.05, 0.1) is 23.2 Å². The van der Waals surface area contributed by atoms with E-state index in [0.717, 1.165) is 24.2 Å². The summed E-state index contributed by atoms with van der Waals surface area (Å²) in [6.07, 6.45) is 6.36. The molecule has 30 heavy (non-hydrogen) atoms. The highest BCUT2D eigenvalue weighted by atomic mass is 16.5. The summed E-state index contributed by atoms with van der Waals surface area (Å²) in [7, 11) is 0. The van der Waals surface area contributed by atoms with Crippen molar-refractivity contribution in [3.05, 3.63) is 41.9 Å². The van der Waals surface area contributed by atoms with Crippen molar-refractivity contribution in [3.8, 4) is 11.9 Å². The average Bonchev–Trinajstić information content (AvgIpc) is 3.44. The molecular weight excluding hydrogens is 380 g/mol. The molecule has 0 saturated heterocycles. The minimum atomic E-state index is -0.750. The van der Waals surface area contributed by atoms with Crippen LogP contribution >= 0.6 is 0 Å². The second-order valence-corrected chi connectivity index (χ2v) is 8.17. The maximum atomic E-state index is 12.9. The molecule has 1 aliphatic carbocycles. The normalized spacial score (nSPS) is 13.8. The van der Waals surface area contributed by atoms with Crippen molar-refractivity contribution in [2.75, 3.05) is 5.32 Å². The van der Waals surface area contributed by atoms with Crippen LogP contribution < -0.4 is 10.1 Å². The molecule has 1 aliphatic rings. The van der Waals surface area contributed by atoms with E-state index in [9.17, 15) is 10.1 Å². The molecule has 0 radical (unpaired) electrons. The zero-order valence-electron chi connectivity index (χ0n) is 17.3. The second-order valence-electron chi connectivity index (χ2n) is 8.17. The molecule has 0 bridgehead atoms. The van der Waals surface area contributed by atoms with Gasteiger partial charge in [0.15, 0.2) is 11.4 Å². The van der Waals surface area contributed by atoms with Crippen molar-refractivity contribution in [1.29, 1.82) is 5.26 Å². The van der Waals surface area contributed by atoms with Crippen LogP contribution in [0.1, 0.15) is 56.1 Å². The fourth-order valence-electron chi connectivity index (χ4n) is 3.14. The number of ketones is 1. The fraction of sp³-hybridized carbons (Fsp3) is 0.409. The number of Topliss-reactive ketones (excluding diaryl/α,β-unsaturated/α-hetero) is 1. The molecule has 3 heterocycles. The van der Waals surface area contributed by atoms with Gasteiger partial charge in [-0.2, -0.15) is 10.4 Å². The zero-order valence-corrected chi connectivity index (χ0v) is 17.3. The van der Waals surface area contributed by atoms with Crippen LogP contribution in [0.3, 0.4) is 0 Å². The molecule has 0 aromatic carbocycles. The number of pyridine rings is 1. The monoisotopic (exact) mass is 404 g/mol. The lowest BCUT2D eigenvalue weighted by molar-refractivity contribution is 0.0953. The van der Waals surface area contributed by atoms with E-state index in [4.69, 9.17) is 4.74 Å². The minimum absolute atomic E-state index is 0.105. The van der Waals surface area contributed by atoms with E-state index in [1.54, 1.807) is 24.6 Å². The molecule has 1 N–H and O–H groups in total. The lowest BCUT2D eigenvalue weighted by Gasteiger charge is -2.14. The quantitative estimate of drug-likeness (QED) is 0.564. The third kappa shape index (κ3) is 4.10. The summed E-state index contributed by atoms with van der Waals surface area (Å²) in [5, 5.41) is 16.9. The summed E-state index contributed by atoms with van der Waals surface area (Å²) in [5.74, 6) is 0.977.